The van der Waals surface area contributed by atoms with Crippen LogP contribution in [0, 0.1) is 0 Å². The van der Waals surface area contributed by atoms with Crippen LogP contribution in [0.25, 0.3) is 0 Å². The van der Waals surface area contributed by atoms with Crippen molar-refractivity contribution in [2.24, 2.45) is 0 Å². The number of amides is 1. The van der Waals surface area contributed by atoms with E-state index in [0.29, 0.717) is 0 Å². The highest BCUT2D eigenvalue weighted by Crippen LogP contribution is 2.31. The van der Waals surface area contributed by atoms with Crippen molar-refractivity contribution in [2.75, 3.05) is 7.11 Å². The Morgan fingerprint density at radius 3 is 2.81 bits per heavy atom. The molecule has 0 spiro atoms. The smallest absolute Gasteiger partial charge is 0.290 e. The molecule has 4 heteroatoms. The van der Waals surface area contributed by atoms with Crippen LogP contribution in [0.2, 0.25) is 0 Å². The van der Waals surface area contributed by atoms with Crippen molar-refractivity contribution in [3.63, 3.8) is 0 Å². The Hall–Kier alpha value is -1.55. The van der Waals surface area contributed by atoms with Gasteiger partial charge < -0.3 is 4.74 Å². The zero-order chi connectivity index (χ0) is 11.8. The average Bonchev–Trinajstić information content (AvgIpc) is 2.44. The topological polar surface area (TPSA) is 38.8 Å². The van der Waals surface area contributed by atoms with Gasteiger partial charge in [-0.05, 0) is 19.9 Å². The fourth-order valence-corrected chi connectivity index (χ4v) is 1.79. The molecule has 1 heterocycles. The van der Waals surface area contributed by atoms with Crippen molar-refractivity contribution in [1.82, 2.24) is 5.06 Å². The summed E-state index contributed by atoms with van der Waals surface area (Å²) in [4.78, 5) is 17.2. The number of rotatable bonds is 1. The van der Waals surface area contributed by atoms with Gasteiger partial charge in [0.2, 0.25) is 0 Å². The summed E-state index contributed by atoms with van der Waals surface area (Å²) in [7, 11) is 1.49. The molecular formula is C12H15NO3. The van der Waals surface area contributed by atoms with Crippen molar-refractivity contribution in [2.45, 2.75) is 25.5 Å². The van der Waals surface area contributed by atoms with Crippen LogP contribution in [-0.4, -0.2) is 29.7 Å². The molecule has 1 saturated heterocycles. The van der Waals surface area contributed by atoms with E-state index in [2.05, 4.69) is 0 Å². The second-order valence-electron chi connectivity index (χ2n) is 4.21. The van der Waals surface area contributed by atoms with E-state index in [1.54, 1.807) is 13.8 Å². The van der Waals surface area contributed by atoms with Gasteiger partial charge in [-0.25, -0.2) is 5.06 Å². The number of hydrogen-bond acceptors (Lipinski definition) is 3. The molecular weight excluding hydrogens is 206 g/mol. The molecule has 0 radical (unpaired) electrons. The monoisotopic (exact) mass is 221 g/mol. The Morgan fingerprint density at radius 2 is 2.12 bits per heavy atom. The number of hydrogen-bond donors (Lipinski definition) is 0. The van der Waals surface area contributed by atoms with Crippen molar-refractivity contribution in [3.05, 3.63) is 36.1 Å². The summed E-state index contributed by atoms with van der Waals surface area (Å²) >= 11 is 0. The van der Waals surface area contributed by atoms with Crippen molar-refractivity contribution in [3.8, 4) is 0 Å². The minimum Gasteiger partial charge on any atom is -0.480 e. The SMILES string of the molecule is CON1C(=O)C(C)(C)OC2=CC=CC=CC21. The second-order valence-corrected chi connectivity index (χ2v) is 4.21. The molecule has 1 aliphatic carbocycles. The fourth-order valence-electron chi connectivity index (χ4n) is 1.79. The van der Waals surface area contributed by atoms with Crippen molar-refractivity contribution < 1.29 is 14.4 Å². The lowest BCUT2D eigenvalue weighted by molar-refractivity contribution is -0.217. The van der Waals surface area contributed by atoms with E-state index in [9.17, 15) is 4.79 Å². The normalized spacial score (nSPS) is 26.9. The van der Waals surface area contributed by atoms with Crippen molar-refractivity contribution >= 4 is 5.91 Å². The van der Waals surface area contributed by atoms with Gasteiger partial charge in [-0.3, -0.25) is 9.63 Å². The number of ether oxygens (including phenoxy) is 1. The molecule has 0 aromatic heterocycles. The summed E-state index contributed by atoms with van der Waals surface area (Å²) in [6.45, 7) is 3.47. The second kappa shape index (κ2) is 3.79. The standard InChI is InChI=1S/C12H15NO3/c1-12(2)11(14)13(15-3)9-7-5-4-6-8-10(9)16-12/h4-9H,1-3H3. The van der Waals surface area contributed by atoms with Gasteiger partial charge in [0.25, 0.3) is 5.91 Å². The summed E-state index contributed by atoms with van der Waals surface area (Å²) in [5.74, 6) is 0.542. The van der Waals surface area contributed by atoms with Crippen LogP contribution >= 0.6 is 0 Å². The molecule has 16 heavy (non-hydrogen) atoms. The molecule has 86 valence electrons. The molecule has 0 N–H and O–H groups in total. The van der Waals surface area contributed by atoms with Crippen LogP contribution in [0.5, 0.6) is 0 Å². The third kappa shape index (κ3) is 1.65. The van der Waals surface area contributed by atoms with E-state index in [1.165, 1.54) is 12.2 Å². The molecule has 1 atom stereocenters. The lowest BCUT2D eigenvalue weighted by atomic mass is 10.0. The van der Waals surface area contributed by atoms with E-state index in [-0.39, 0.29) is 11.9 Å². The van der Waals surface area contributed by atoms with Gasteiger partial charge in [-0.1, -0.05) is 24.3 Å². The number of allylic oxidation sites excluding steroid dienone is 4. The van der Waals surface area contributed by atoms with Gasteiger partial charge in [-0.2, -0.15) is 0 Å². The van der Waals surface area contributed by atoms with Crippen molar-refractivity contribution in [1.29, 1.82) is 0 Å². The Bertz CT molecular complexity index is 393. The van der Waals surface area contributed by atoms with E-state index >= 15 is 0 Å². The minimum absolute atomic E-state index is 0.177. The lowest BCUT2D eigenvalue weighted by Crippen LogP contribution is -2.56. The van der Waals surface area contributed by atoms with Gasteiger partial charge in [0.15, 0.2) is 5.60 Å². The Labute approximate surface area is 94.8 Å². The molecule has 2 aliphatic rings. The number of fused-ring (bicyclic) bond motifs is 1. The molecule has 0 aromatic rings. The molecule has 1 fully saturated rings. The predicted molar refractivity (Wildman–Crippen MR) is 59.2 cm³/mol. The quantitative estimate of drug-likeness (QED) is 0.674. The maximum Gasteiger partial charge on any atom is 0.290 e. The summed E-state index contributed by atoms with van der Waals surface area (Å²) in [5.41, 5.74) is -0.885. The Balaban J connectivity index is 2.41. The van der Waals surface area contributed by atoms with E-state index in [0.717, 1.165) is 5.76 Å². The zero-order valence-corrected chi connectivity index (χ0v) is 9.64. The number of nitrogens with zero attached hydrogens (tertiary/aromatic N) is 1. The van der Waals surface area contributed by atoms with Crippen LogP contribution in [0.15, 0.2) is 36.1 Å². The number of morpholine rings is 1. The third-order valence-electron chi connectivity index (χ3n) is 2.61. The summed E-state index contributed by atoms with van der Waals surface area (Å²) in [6, 6.07) is -0.277. The molecule has 0 bridgehead atoms. The van der Waals surface area contributed by atoms with Gasteiger partial charge in [-0.15, -0.1) is 0 Å². The highest BCUT2D eigenvalue weighted by molar-refractivity contribution is 5.85. The molecule has 1 aliphatic heterocycles. The number of carbonyl (C=O) groups is 1. The van der Waals surface area contributed by atoms with Crippen LogP contribution in [-0.2, 0) is 14.4 Å². The van der Waals surface area contributed by atoms with E-state index in [1.807, 2.05) is 30.4 Å². The maximum atomic E-state index is 12.0. The molecule has 1 amide bonds. The minimum atomic E-state index is -0.885. The van der Waals surface area contributed by atoms with E-state index < -0.39 is 5.60 Å². The first kappa shape index (κ1) is 11.0. The first-order valence-electron chi connectivity index (χ1n) is 5.18. The van der Waals surface area contributed by atoms with Gasteiger partial charge in [0, 0.05) is 0 Å². The summed E-state index contributed by atoms with van der Waals surface area (Å²) in [6.07, 6.45) is 9.36. The zero-order valence-electron chi connectivity index (χ0n) is 9.64. The Morgan fingerprint density at radius 1 is 1.38 bits per heavy atom. The molecule has 2 rings (SSSR count). The molecule has 0 saturated carbocycles. The fraction of sp³-hybridized carbons (Fsp3) is 0.417. The first-order chi connectivity index (χ1) is 7.56. The first-order valence-corrected chi connectivity index (χ1v) is 5.18. The van der Waals surface area contributed by atoms with Gasteiger partial charge in [0.05, 0.1) is 7.11 Å². The lowest BCUT2D eigenvalue weighted by Gasteiger charge is -2.41. The van der Waals surface area contributed by atoms with Crippen LogP contribution in [0.4, 0.5) is 0 Å². The van der Waals surface area contributed by atoms with Crippen LogP contribution < -0.4 is 0 Å². The highest BCUT2D eigenvalue weighted by atomic mass is 16.7. The highest BCUT2D eigenvalue weighted by Gasteiger charge is 2.45. The average molecular weight is 221 g/mol. The number of carbonyl (C=O) groups excluding carboxylic acids is 1. The number of hydroxylamine groups is 2. The van der Waals surface area contributed by atoms with Crippen LogP contribution in [0.3, 0.4) is 0 Å². The van der Waals surface area contributed by atoms with Gasteiger partial charge in [0.1, 0.15) is 11.8 Å². The maximum absolute atomic E-state index is 12.0. The molecule has 0 aromatic carbocycles. The van der Waals surface area contributed by atoms with Gasteiger partial charge >= 0.3 is 0 Å². The largest absolute Gasteiger partial charge is 0.480 e. The van der Waals surface area contributed by atoms with Crippen LogP contribution in [0.1, 0.15) is 13.8 Å². The molecule has 4 nitrogen and oxygen atoms in total. The summed E-state index contributed by atoms with van der Waals surface area (Å²) in [5, 5.41) is 1.35. The summed E-state index contributed by atoms with van der Waals surface area (Å²) < 4.78 is 5.69. The van der Waals surface area contributed by atoms with E-state index in [4.69, 9.17) is 9.57 Å². The Kier molecular flexibility index (Phi) is 2.59. The molecule has 1 unspecified atom stereocenters. The third-order valence-corrected chi connectivity index (χ3v) is 2.61. The predicted octanol–water partition coefficient (Wildman–Crippen LogP) is 1.56.